The highest BCUT2D eigenvalue weighted by Gasteiger charge is 2.35. The fourth-order valence-corrected chi connectivity index (χ4v) is 4.19. The summed E-state index contributed by atoms with van der Waals surface area (Å²) in [4.78, 5) is 14.7. The molecule has 1 aliphatic rings. The van der Waals surface area contributed by atoms with E-state index in [9.17, 15) is 9.18 Å². The molecule has 3 nitrogen and oxygen atoms in total. The molecule has 0 bridgehead atoms. The highest BCUT2D eigenvalue weighted by molar-refractivity contribution is 9.10. The highest BCUT2D eigenvalue weighted by Crippen LogP contribution is 2.41. The Morgan fingerprint density at radius 1 is 1.14 bits per heavy atom. The number of fused-ring (bicyclic) bond motifs is 1. The number of rotatable bonds is 3. The van der Waals surface area contributed by atoms with E-state index in [0.717, 1.165) is 11.1 Å². The van der Waals surface area contributed by atoms with Gasteiger partial charge in [-0.25, -0.2) is 9.18 Å². The van der Waals surface area contributed by atoms with E-state index in [2.05, 4.69) is 15.9 Å². The molecule has 0 fully saturated rings. The number of carbonyl (C=O) groups is 1. The van der Waals surface area contributed by atoms with E-state index < -0.39 is 6.09 Å². The van der Waals surface area contributed by atoms with E-state index in [-0.39, 0.29) is 18.5 Å². The van der Waals surface area contributed by atoms with Gasteiger partial charge in [0, 0.05) is 15.1 Å². The van der Waals surface area contributed by atoms with Crippen molar-refractivity contribution in [3.8, 4) is 0 Å². The number of nitrogens with zero attached hydrogens (tertiary/aromatic N) is 1. The van der Waals surface area contributed by atoms with E-state index in [0.29, 0.717) is 33.6 Å². The quantitative estimate of drug-likeness (QED) is 0.406. The Bertz CT molecular complexity index is 1030. The smallest absolute Gasteiger partial charge is 0.415 e. The van der Waals surface area contributed by atoms with Crippen LogP contribution in [0.4, 0.5) is 14.9 Å². The average Bonchev–Trinajstić information content (AvgIpc) is 2.72. The summed E-state index contributed by atoms with van der Waals surface area (Å²) in [5, 5.41) is 0.622. The van der Waals surface area contributed by atoms with Gasteiger partial charge in [0.1, 0.15) is 12.4 Å². The van der Waals surface area contributed by atoms with Crippen LogP contribution in [0.1, 0.15) is 29.2 Å². The summed E-state index contributed by atoms with van der Waals surface area (Å²) in [6, 6.07) is 19.8. The summed E-state index contributed by atoms with van der Waals surface area (Å²) < 4.78 is 20.8. The minimum atomic E-state index is -0.507. The molecule has 6 heteroatoms. The minimum absolute atomic E-state index is 0.148. The largest absolute Gasteiger partial charge is 0.444 e. The number of amides is 1. The molecule has 1 atom stereocenters. The normalized spacial score (nSPS) is 15.7. The molecule has 0 aromatic heterocycles. The first kappa shape index (κ1) is 19.9. The molecule has 4 rings (SSSR count). The summed E-state index contributed by atoms with van der Waals surface area (Å²) in [6.45, 7) is 0.148. The van der Waals surface area contributed by atoms with E-state index in [1.807, 2.05) is 42.5 Å². The molecule has 0 N–H and O–H groups in total. The molecule has 0 saturated heterocycles. The fourth-order valence-electron chi connectivity index (χ4n) is 3.65. The first-order chi connectivity index (χ1) is 14.0. The van der Waals surface area contributed by atoms with E-state index in [1.165, 1.54) is 6.07 Å². The van der Waals surface area contributed by atoms with Gasteiger partial charge in [-0.15, -0.1) is 0 Å². The number of hydrogen-bond acceptors (Lipinski definition) is 2. The third-order valence-electron chi connectivity index (χ3n) is 5.03. The molecular weight excluding hydrogens is 457 g/mol. The van der Waals surface area contributed by atoms with Gasteiger partial charge in [-0.3, -0.25) is 4.90 Å². The Labute approximate surface area is 182 Å². The number of halogens is 3. The van der Waals surface area contributed by atoms with Crippen LogP contribution < -0.4 is 4.90 Å². The van der Waals surface area contributed by atoms with Crippen molar-refractivity contribution < 1.29 is 13.9 Å². The van der Waals surface area contributed by atoms with Crippen LogP contribution in [0.3, 0.4) is 0 Å². The second-order valence-corrected chi connectivity index (χ2v) is 8.25. The fraction of sp³-hybridized carbons (Fsp3) is 0.174. The van der Waals surface area contributed by atoms with Crippen LogP contribution in [0.2, 0.25) is 5.02 Å². The van der Waals surface area contributed by atoms with Crippen LogP contribution in [0.15, 0.2) is 71.2 Å². The third kappa shape index (κ3) is 4.31. The van der Waals surface area contributed by atoms with Crippen molar-refractivity contribution in [3.05, 3.63) is 98.7 Å². The van der Waals surface area contributed by atoms with Gasteiger partial charge in [-0.1, -0.05) is 70.0 Å². The van der Waals surface area contributed by atoms with Crippen LogP contribution in [0.5, 0.6) is 0 Å². The molecule has 3 aromatic rings. The minimum Gasteiger partial charge on any atom is -0.444 e. The highest BCUT2D eigenvalue weighted by atomic mass is 79.9. The van der Waals surface area contributed by atoms with Crippen molar-refractivity contribution in [1.29, 1.82) is 0 Å². The van der Waals surface area contributed by atoms with Crippen LogP contribution >= 0.6 is 27.5 Å². The number of benzene rings is 3. The Kier molecular flexibility index (Phi) is 5.88. The first-order valence-electron chi connectivity index (χ1n) is 9.26. The summed E-state index contributed by atoms with van der Waals surface area (Å²) in [7, 11) is 0. The van der Waals surface area contributed by atoms with Crippen molar-refractivity contribution in [2.24, 2.45) is 0 Å². The van der Waals surface area contributed by atoms with E-state index >= 15 is 0 Å². The van der Waals surface area contributed by atoms with Gasteiger partial charge in [0.15, 0.2) is 0 Å². The van der Waals surface area contributed by atoms with Gasteiger partial charge in [-0.05, 0) is 48.2 Å². The zero-order valence-corrected chi connectivity index (χ0v) is 17.8. The second kappa shape index (κ2) is 8.56. The van der Waals surface area contributed by atoms with Gasteiger partial charge in [0.05, 0.1) is 11.7 Å². The molecule has 0 aliphatic carbocycles. The Hall–Kier alpha value is -2.37. The van der Waals surface area contributed by atoms with Crippen LogP contribution in [-0.4, -0.2) is 6.09 Å². The second-order valence-electron chi connectivity index (χ2n) is 6.90. The summed E-state index contributed by atoms with van der Waals surface area (Å²) in [6.07, 6.45) is 0.616. The van der Waals surface area contributed by atoms with Crippen LogP contribution in [-0.2, 0) is 17.8 Å². The van der Waals surface area contributed by atoms with Crippen molar-refractivity contribution >= 4 is 39.3 Å². The molecule has 1 heterocycles. The molecule has 1 amide bonds. The average molecular weight is 475 g/mol. The van der Waals surface area contributed by atoms with Crippen molar-refractivity contribution in [3.63, 3.8) is 0 Å². The van der Waals surface area contributed by atoms with Gasteiger partial charge in [0.2, 0.25) is 0 Å². The molecule has 29 heavy (non-hydrogen) atoms. The standard InChI is InChI=1S/C23H18BrClFNO2/c24-17-12-20(26)19-10-11-21(16-6-8-18(25)9-7-16)27(22(19)13-17)23(28)29-14-15-4-2-1-3-5-15/h1-9,12-13,21H,10-11,14H2. The van der Waals surface area contributed by atoms with Gasteiger partial charge in [0.25, 0.3) is 0 Å². The molecular formula is C23H18BrClFNO2. The third-order valence-corrected chi connectivity index (χ3v) is 5.74. The Balaban J connectivity index is 1.70. The first-order valence-corrected chi connectivity index (χ1v) is 10.4. The van der Waals surface area contributed by atoms with Gasteiger partial charge in [-0.2, -0.15) is 0 Å². The van der Waals surface area contributed by atoms with E-state index in [1.54, 1.807) is 23.1 Å². The maximum Gasteiger partial charge on any atom is 0.415 e. The molecule has 1 aliphatic heterocycles. The topological polar surface area (TPSA) is 29.5 Å². The molecule has 1 unspecified atom stereocenters. The molecule has 0 saturated carbocycles. The maximum absolute atomic E-state index is 14.6. The van der Waals surface area contributed by atoms with Crippen molar-refractivity contribution in [2.75, 3.05) is 4.90 Å². The summed E-state index contributed by atoms with van der Waals surface area (Å²) in [5.41, 5.74) is 2.87. The lowest BCUT2D eigenvalue weighted by atomic mass is 9.91. The van der Waals surface area contributed by atoms with Crippen molar-refractivity contribution in [1.82, 2.24) is 0 Å². The molecule has 148 valence electrons. The number of anilines is 1. The zero-order chi connectivity index (χ0) is 20.4. The Morgan fingerprint density at radius 2 is 1.86 bits per heavy atom. The molecule has 3 aromatic carbocycles. The SMILES string of the molecule is O=C(OCc1ccccc1)N1c2cc(Br)cc(F)c2CCC1c1ccc(Cl)cc1. The zero-order valence-electron chi connectivity index (χ0n) is 15.4. The van der Waals surface area contributed by atoms with E-state index in [4.69, 9.17) is 16.3 Å². The lowest BCUT2D eigenvalue weighted by Crippen LogP contribution is -2.39. The summed E-state index contributed by atoms with van der Waals surface area (Å²) >= 11 is 9.37. The number of hydrogen-bond donors (Lipinski definition) is 0. The van der Waals surface area contributed by atoms with Crippen molar-refractivity contribution in [2.45, 2.75) is 25.5 Å². The summed E-state index contributed by atoms with van der Waals surface area (Å²) in [5.74, 6) is -0.329. The molecule has 0 radical (unpaired) electrons. The predicted molar refractivity (Wildman–Crippen MR) is 116 cm³/mol. The Morgan fingerprint density at radius 3 is 2.59 bits per heavy atom. The number of carbonyl (C=O) groups excluding carboxylic acids is 1. The maximum atomic E-state index is 14.6. The van der Waals surface area contributed by atoms with Crippen LogP contribution in [0, 0.1) is 5.82 Å². The van der Waals surface area contributed by atoms with Gasteiger partial charge < -0.3 is 4.74 Å². The van der Waals surface area contributed by atoms with Crippen LogP contribution in [0.25, 0.3) is 0 Å². The predicted octanol–water partition coefficient (Wildman–Crippen LogP) is 7.07. The lowest BCUT2D eigenvalue weighted by molar-refractivity contribution is 0.143. The van der Waals surface area contributed by atoms with Gasteiger partial charge >= 0.3 is 6.09 Å². The monoisotopic (exact) mass is 473 g/mol. The number of ether oxygens (including phenoxy) is 1. The lowest BCUT2D eigenvalue weighted by Gasteiger charge is -2.37. The molecule has 0 spiro atoms.